The molecule has 108 valence electrons. The predicted molar refractivity (Wildman–Crippen MR) is 62.7 cm³/mol. The van der Waals surface area contributed by atoms with Crippen LogP contribution < -0.4 is 10.0 Å². The Morgan fingerprint density at radius 2 is 1.83 bits per heavy atom. The van der Waals surface area contributed by atoms with Crippen molar-refractivity contribution in [3.05, 3.63) is 0 Å². The summed E-state index contributed by atoms with van der Waals surface area (Å²) in [5.74, 6) is -0.287. The molecule has 8 heteroatoms. The Hall–Kier alpha value is -0.340. The smallest absolute Gasteiger partial charge is 0.314 e. The number of sulfonamides is 1. The first-order chi connectivity index (χ1) is 8.08. The van der Waals surface area contributed by atoms with Crippen molar-refractivity contribution in [2.24, 2.45) is 0 Å². The van der Waals surface area contributed by atoms with Crippen LogP contribution >= 0.6 is 0 Å². The summed E-state index contributed by atoms with van der Waals surface area (Å²) >= 11 is 0. The van der Waals surface area contributed by atoms with Crippen LogP contribution in [0.5, 0.6) is 0 Å². The molecule has 1 saturated carbocycles. The van der Waals surface area contributed by atoms with Gasteiger partial charge in [-0.3, -0.25) is 0 Å². The monoisotopic (exact) mass is 288 g/mol. The van der Waals surface area contributed by atoms with E-state index < -0.39 is 21.7 Å². The van der Waals surface area contributed by atoms with Crippen LogP contribution in [0.2, 0.25) is 0 Å². The number of halogens is 3. The molecule has 0 radical (unpaired) electrons. The van der Waals surface area contributed by atoms with Crippen molar-refractivity contribution in [1.82, 2.24) is 10.0 Å². The standard InChI is InChI=1S/C10H19F3N2O2S/c1-8(2)14-6-3-7-18(16,17)15-9(4-5-9)10(11,12)13/h8,14-15H,3-7H2,1-2H3. The quantitative estimate of drug-likeness (QED) is 0.696. The molecule has 2 N–H and O–H groups in total. The third-order valence-corrected chi connectivity index (χ3v) is 4.31. The molecule has 1 rings (SSSR count). The first-order valence-electron chi connectivity index (χ1n) is 5.90. The van der Waals surface area contributed by atoms with Gasteiger partial charge in [-0.05, 0) is 25.8 Å². The lowest BCUT2D eigenvalue weighted by molar-refractivity contribution is -0.160. The van der Waals surface area contributed by atoms with Gasteiger partial charge in [0.1, 0.15) is 5.54 Å². The van der Waals surface area contributed by atoms with E-state index >= 15 is 0 Å². The maximum Gasteiger partial charge on any atom is 0.407 e. The Morgan fingerprint density at radius 1 is 1.28 bits per heavy atom. The van der Waals surface area contributed by atoms with Gasteiger partial charge >= 0.3 is 6.18 Å². The lowest BCUT2D eigenvalue weighted by Crippen LogP contribution is -2.48. The van der Waals surface area contributed by atoms with E-state index in [0.29, 0.717) is 13.0 Å². The number of hydrogen-bond acceptors (Lipinski definition) is 3. The molecule has 0 atom stereocenters. The number of alkyl halides is 3. The highest BCUT2D eigenvalue weighted by Gasteiger charge is 2.65. The van der Waals surface area contributed by atoms with Crippen molar-refractivity contribution >= 4 is 10.0 Å². The van der Waals surface area contributed by atoms with Crippen LogP contribution in [0.15, 0.2) is 0 Å². The average Bonchev–Trinajstić information content (AvgIpc) is 2.91. The Balaban J connectivity index is 2.42. The zero-order valence-electron chi connectivity index (χ0n) is 10.5. The second-order valence-corrected chi connectivity index (χ2v) is 6.81. The Bertz CT molecular complexity index is 375. The van der Waals surface area contributed by atoms with E-state index in [9.17, 15) is 21.6 Å². The van der Waals surface area contributed by atoms with E-state index in [1.54, 1.807) is 4.72 Å². The van der Waals surface area contributed by atoms with Gasteiger partial charge in [-0.2, -0.15) is 17.9 Å². The first-order valence-corrected chi connectivity index (χ1v) is 7.55. The molecule has 0 amide bonds. The van der Waals surface area contributed by atoms with Crippen LogP contribution in [0.25, 0.3) is 0 Å². The number of hydrogen-bond donors (Lipinski definition) is 2. The van der Waals surface area contributed by atoms with Crippen molar-refractivity contribution in [3.63, 3.8) is 0 Å². The van der Waals surface area contributed by atoms with Crippen molar-refractivity contribution in [2.75, 3.05) is 12.3 Å². The summed E-state index contributed by atoms with van der Waals surface area (Å²) in [6.45, 7) is 4.29. The molecule has 0 aliphatic heterocycles. The van der Waals surface area contributed by atoms with E-state index in [0.717, 1.165) is 0 Å². The van der Waals surface area contributed by atoms with E-state index in [4.69, 9.17) is 0 Å². The number of rotatable bonds is 7. The van der Waals surface area contributed by atoms with Crippen molar-refractivity contribution < 1.29 is 21.6 Å². The normalized spacial score (nSPS) is 19.2. The second-order valence-electron chi connectivity index (χ2n) is 4.96. The van der Waals surface area contributed by atoms with Crippen molar-refractivity contribution in [2.45, 2.75) is 50.9 Å². The zero-order valence-corrected chi connectivity index (χ0v) is 11.3. The van der Waals surface area contributed by atoms with Gasteiger partial charge in [0.25, 0.3) is 0 Å². The molecule has 0 heterocycles. The molecular weight excluding hydrogens is 269 g/mol. The summed E-state index contributed by atoms with van der Waals surface area (Å²) in [7, 11) is -3.87. The topological polar surface area (TPSA) is 58.2 Å². The van der Waals surface area contributed by atoms with E-state index in [1.807, 2.05) is 13.8 Å². The molecule has 1 aliphatic rings. The van der Waals surface area contributed by atoms with Crippen molar-refractivity contribution in [3.8, 4) is 0 Å². The maximum absolute atomic E-state index is 12.6. The molecule has 0 aromatic heterocycles. The van der Waals surface area contributed by atoms with Crippen LogP contribution in [-0.2, 0) is 10.0 Å². The van der Waals surface area contributed by atoms with Crippen LogP contribution in [-0.4, -0.2) is 38.5 Å². The van der Waals surface area contributed by atoms with E-state index in [2.05, 4.69) is 5.32 Å². The molecule has 0 saturated heterocycles. The van der Waals surface area contributed by atoms with Gasteiger partial charge in [-0.1, -0.05) is 13.8 Å². The van der Waals surface area contributed by atoms with Gasteiger partial charge in [0.2, 0.25) is 10.0 Å². The molecule has 0 aromatic rings. The maximum atomic E-state index is 12.6. The summed E-state index contributed by atoms with van der Waals surface area (Å²) in [4.78, 5) is 0. The lowest BCUT2D eigenvalue weighted by Gasteiger charge is -2.20. The van der Waals surface area contributed by atoms with Gasteiger partial charge in [-0.15, -0.1) is 0 Å². The fraction of sp³-hybridized carbons (Fsp3) is 1.00. The third kappa shape index (κ3) is 4.40. The van der Waals surface area contributed by atoms with Gasteiger partial charge in [0, 0.05) is 6.04 Å². The Morgan fingerprint density at radius 3 is 2.22 bits per heavy atom. The lowest BCUT2D eigenvalue weighted by atomic mass is 10.3. The van der Waals surface area contributed by atoms with Crippen LogP contribution in [0, 0.1) is 0 Å². The fourth-order valence-electron chi connectivity index (χ4n) is 1.57. The zero-order chi connectivity index (χ0) is 14.0. The van der Waals surface area contributed by atoms with Crippen LogP contribution in [0.3, 0.4) is 0 Å². The first kappa shape index (κ1) is 15.7. The molecular formula is C10H19F3N2O2S. The minimum atomic E-state index is -4.50. The molecule has 0 aromatic carbocycles. The summed E-state index contributed by atoms with van der Waals surface area (Å²) in [6.07, 6.45) is -4.54. The summed E-state index contributed by atoms with van der Waals surface area (Å²) in [5.41, 5.74) is -2.20. The Kier molecular flexibility index (Phi) is 4.66. The Labute approximate surface area is 105 Å². The largest absolute Gasteiger partial charge is 0.407 e. The fourth-order valence-corrected chi connectivity index (χ4v) is 3.11. The van der Waals surface area contributed by atoms with Gasteiger partial charge < -0.3 is 5.32 Å². The minimum absolute atomic E-state index is 0.167. The second kappa shape index (κ2) is 5.34. The minimum Gasteiger partial charge on any atom is -0.314 e. The SMILES string of the molecule is CC(C)NCCCS(=O)(=O)NC1(C(F)(F)F)CC1. The van der Waals surface area contributed by atoms with Crippen molar-refractivity contribution in [1.29, 1.82) is 0 Å². The molecule has 1 fully saturated rings. The predicted octanol–water partition coefficient (Wildman–Crippen LogP) is 1.39. The van der Waals surface area contributed by atoms with Crippen LogP contribution in [0.1, 0.15) is 33.1 Å². The highest BCUT2D eigenvalue weighted by Crippen LogP contribution is 2.49. The highest BCUT2D eigenvalue weighted by molar-refractivity contribution is 7.89. The van der Waals surface area contributed by atoms with Crippen LogP contribution in [0.4, 0.5) is 13.2 Å². The molecule has 1 aliphatic carbocycles. The molecule has 0 bridgehead atoms. The highest BCUT2D eigenvalue weighted by atomic mass is 32.2. The number of nitrogens with one attached hydrogen (secondary N) is 2. The molecule has 0 unspecified atom stereocenters. The van der Waals surface area contributed by atoms with Gasteiger partial charge in [-0.25, -0.2) is 8.42 Å². The van der Waals surface area contributed by atoms with E-state index in [1.165, 1.54) is 0 Å². The molecule has 0 spiro atoms. The summed E-state index contributed by atoms with van der Waals surface area (Å²) < 4.78 is 62.6. The summed E-state index contributed by atoms with van der Waals surface area (Å²) in [5, 5.41) is 3.01. The molecule has 18 heavy (non-hydrogen) atoms. The van der Waals surface area contributed by atoms with Gasteiger partial charge in [0.05, 0.1) is 5.75 Å². The summed E-state index contributed by atoms with van der Waals surface area (Å²) in [6, 6.07) is 0.227. The van der Waals surface area contributed by atoms with Gasteiger partial charge in [0.15, 0.2) is 0 Å². The van der Waals surface area contributed by atoms with E-state index in [-0.39, 0.29) is 24.6 Å². The third-order valence-electron chi connectivity index (χ3n) is 2.79. The average molecular weight is 288 g/mol. The molecule has 4 nitrogen and oxygen atoms in total.